The standard InChI is InChI=1S/C8H6N.C5H5.2CH3.2ClH.Si.Zr/c1-2-4-8-7(3-1)5-6-9-8;1-2-4-5-3-1;;;;;;/h1-5,9H;1-3H,4H2;2*1H3;2*1H;;/q4*-1;;;;. The second-order valence-corrected chi connectivity index (χ2v) is 3.00. The van der Waals surface area contributed by atoms with E-state index in [1.807, 2.05) is 36.4 Å². The van der Waals surface area contributed by atoms with E-state index in [4.69, 9.17) is 0 Å². The van der Waals surface area contributed by atoms with Gasteiger partial charge in [0.1, 0.15) is 0 Å². The van der Waals surface area contributed by atoms with E-state index < -0.39 is 0 Å². The molecule has 0 unspecified atom stereocenters. The molecule has 0 bridgehead atoms. The van der Waals surface area contributed by atoms with Crippen molar-refractivity contribution in [1.82, 2.24) is 4.98 Å². The fraction of sp³-hybridized carbons (Fsp3) is 0.0667. The molecule has 0 spiro atoms. The maximum Gasteiger partial charge on any atom is -0.0745 e. The van der Waals surface area contributed by atoms with E-state index in [0.29, 0.717) is 0 Å². The van der Waals surface area contributed by atoms with Crippen LogP contribution in [0.25, 0.3) is 10.9 Å². The minimum Gasteiger partial charge on any atom is -0.477 e. The van der Waals surface area contributed by atoms with Crippen LogP contribution in [0.15, 0.2) is 48.6 Å². The van der Waals surface area contributed by atoms with Crippen molar-refractivity contribution < 1.29 is 23.3 Å². The third kappa shape index (κ3) is 10.7. The third-order valence-corrected chi connectivity index (χ3v) is 1.98. The summed E-state index contributed by atoms with van der Waals surface area (Å²) in [5, 5.41) is 1.22. The molecule has 0 atom stereocenters. The average Bonchev–Trinajstić information content (AvgIpc) is 3.06. The van der Waals surface area contributed by atoms with Crippen LogP contribution < -0.4 is 0 Å². The Kier molecular flexibility index (Phi) is 26.6. The molecule has 1 N–H and O–H groups in total. The van der Waals surface area contributed by atoms with Gasteiger partial charge in [0.05, 0.1) is 0 Å². The molecule has 2 aromatic rings. The van der Waals surface area contributed by atoms with Crippen LogP contribution in [0.1, 0.15) is 6.42 Å². The number of fused-ring (bicyclic) bond motifs is 1. The Balaban J connectivity index is -0.000000104. The predicted molar refractivity (Wildman–Crippen MR) is 91.8 cm³/mol. The van der Waals surface area contributed by atoms with Crippen molar-refractivity contribution in [2.45, 2.75) is 6.42 Å². The van der Waals surface area contributed by atoms with Crippen molar-refractivity contribution in [3.63, 3.8) is 0 Å². The van der Waals surface area contributed by atoms with Crippen LogP contribution >= 0.6 is 24.8 Å². The normalized spacial score (nSPS) is 9.15. The van der Waals surface area contributed by atoms with Crippen molar-refractivity contribution in [2.75, 3.05) is 0 Å². The number of para-hydroxylation sites is 1. The minimum absolute atomic E-state index is 0. The molecule has 2 radical (unpaired) electrons. The summed E-state index contributed by atoms with van der Waals surface area (Å²) in [5.74, 6) is 0. The van der Waals surface area contributed by atoms with Gasteiger partial charge in [-0.15, -0.1) is 55.1 Å². The molecule has 3 rings (SSSR count). The summed E-state index contributed by atoms with van der Waals surface area (Å²) in [6, 6.07) is 10.1. The molecular formula is C15H19Cl2NSiZr-4. The van der Waals surface area contributed by atoms with Crippen molar-refractivity contribution in [2.24, 2.45) is 0 Å². The molecule has 5 heteroatoms. The summed E-state index contributed by atoms with van der Waals surface area (Å²) in [4.78, 5) is 2.99. The number of hydrogen-bond donors (Lipinski definition) is 1. The monoisotopic (exact) mass is 401 g/mol. The van der Waals surface area contributed by atoms with Gasteiger partial charge in [-0.3, -0.25) is 6.08 Å². The first kappa shape index (κ1) is 28.1. The Morgan fingerprint density at radius 3 is 2.20 bits per heavy atom. The second-order valence-electron chi connectivity index (χ2n) is 3.00. The van der Waals surface area contributed by atoms with Crippen molar-refractivity contribution in [3.05, 3.63) is 75.7 Å². The van der Waals surface area contributed by atoms with Gasteiger partial charge in [-0.25, -0.2) is 12.2 Å². The van der Waals surface area contributed by atoms with Gasteiger partial charge in [0.2, 0.25) is 0 Å². The van der Waals surface area contributed by atoms with Gasteiger partial charge in [0, 0.05) is 0 Å². The Morgan fingerprint density at radius 2 is 1.75 bits per heavy atom. The molecule has 1 aliphatic rings. The zero-order valence-electron chi connectivity index (χ0n) is 11.6. The predicted octanol–water partition coefficient (Wildman–Crippen LogP) is 4.63. The first-order valence-corrected chi connectivity index (χ1v) is 9.06. The van der Waals surface area contributed by atoms with E-state index in [1.165, 1.54) is 28.7 Å². The van der Waals surface area contributed by atoms with Crippen LogP contribution in [0.4, 0.5) is 0 Å². The molecule has 0 saturated heterocycles. The molecule has 1 aliphatic carbocycles. The van der Waals surface area contributed by atoms with E-state index in [-0.39, 0.29) is 39.7 Å². The summed E-state index contributed by atoms with van der Waals surface area (Å²) < 4.78 is 0. The van der Waals surface area contributed by atoms with Gasteiger partial charge >= 0.3 is 30.2 Å². The van der Waals surface area contributed by atoms with Gasteiger partial charge in [0.25, 0.3) is 0 Å². The molecule has 1 nitrogen and oxygen atoms in total. The van der Waals surface area contributed by atoms with Crippen molar-refractivity contribution in [3.8, 4) is 0 Å². The molecule has 110 valence electrons. The fourth-order valence-corrected chi connectivity index (χ4v) is 1.27. The number of hydrogen-bond acceptors (Lipinski definition) is 0. The van der Waals surface area contributed by atoms with E-state index in [1.54, 1.807) is 0 Å². The van der Waals surface area contributed by atoms with E-state index >= 15 is 0 Å². The number of halogens is 2. The van der Waals surface area contributed by atoms with Crippen molar-refractivity contribution >= 4 is 42.6 Å². The zero-order chi connectivity index (χ0) is 11.6. The molecule has 0 fully saturated rings. The first-order chi connectivity index (χ1) is 7.97. The maximum absolute atomic E-state index is 3.06. The summed E-state index contributed by atoms with van der Waals surface area (Å²) >= 11 is 1.36. The number of aromatic amines is 1. The number of nitrogens with one attached hydrogen (secondary N) is 1. The third-order valence-electron chi connectivity index (χ3n) is 1.98. The van der Waals surface area contributed by atoms with Crippen LogP contribution in [-0.4, -0.2) is 11.9 Å². The molecular weight excluding hydrogens is 384 g/mol. The summed E-state index contributed by atoms with van der Waals surface area (Å²) in [5.41, 5.74) is 1.15. The fourth-order valence-electron chi connectivity index (χ4n) is 1.27. The Bertz CT molecular complexity index is 443. The molecule has 0 saturated carbocycles. The SMILES string of the molecule is Cl.Cl.[C-]1=CC=CC1.[CH3-].[CH3-].[Si]=[Zr].[c-]1cc2ccccc2[nH]1. The summed E-state index contributed by atoms with van der Waals surface area (Å²) in [6.07, 6.45) is 12.9. The number of allylic oxidation sites excluding steroid dienone is 4. The van der Waals surface area contributed by atoms with E-state index in [2.05, 4.69) is 36.3 Å². The number of aromatic nitrogens is 1. The van der Waals surface area contributed by atoms with E-state index in [9.17, 15) is 0 Å². The van der Waals surface area contributed by atoms with Gasteiger partial charge in [-0.2, -0.15) is 17.5 Å². The number of H-pyrrole nitrogens is 1. The smallest absolute Gasteiger partial charge is 0.0745 e. The molecule has 1 heterocycles. The van der Waals surface area contributed by atoms with Crippen LogP contribution in [0.2, 0.25) is 0 Å². The maximum atomic E-state index is 3.06. The topological polar surface area (TPSA) is 15.8 Å². The van der Waals surface area contributed by atoms with Gasteiger partial charge < -0.3 is 19.8 Å². The molecule has 20 heavy (non-hydrogen) atoms. The van der Waals surface area contributed by atoms with Gasteiger partial charge in [0.15, 0.2) is 0 Å². The Hall–Kier alpha value is -0.0800. The van der Waals surface area contributed by atoms with Crippen LogP contribution in [0.5, 0.6) is 0 Å². The second kappa shape index (κ2) is 18.9. The number of rotatable bonds is 0. The average molecular weight is 404 g/mol. The molecule has 1 aromatic heterocycles. The summed E-state index contributed by atoms with van der Waals surface area (Å²) in [7, 11) is 0. The van der Waals surface area contributed by atoms with Crippen LogP contribution in [-0.2, 0) is 23.3 Å². The first-order valence-electron chi connectivity index (χ1n) is 4.87. The zero-order valence-corrected chi connectivity index (χ0v) is 16.7. The molecule has 1 aromatic carbocycles. The summed E-state index contributed by atoms with van der Waals surface area (Å²) in [6.45, 7) is 3.06. The van der Waals surface area contributed by atoms with Gasteiger partial charge in [-0.1, -0.05) is 12.1 Å². The van der Waals surface area contributed by atoms with Crippen LogP contribution in [0, 0.1) is 27.1 Å². The minimum atomic E-state index is 0. The Labute approximate surface area is 152 Å². The molecule has 0 aliphatic heterocycles. The van der Waals surface area contributed by atoms with Crippen molar-refractivity contribution in [1.29, 1.82) is 0 Å². The Morgan fingerprint density at radius 1 is 1.10 bits per heavy atom. The molecule has 0 amide bonds. The van der Waals surface area contributed by atoms with Gasteiger partial charge in [-0.05, 0) is 0 Å². The van der Waals surface area contributed by atoms with Crippen LogP contribution in [0.3, 0.4) is 0 Å². The number of benzene rings is 1. The largest absolute Gasteiger partial charge is 0.477 e. The quantitative estimate of drug-likeness (QED) is 0.487. The van der Waals surface area contributed by atoms with E-state index in [0.717, 1.165) is 11.9 Å².